The SMILES string of the molecule is CCC(=O)C1CCCN(Cc2ccc(OC)cc2)C1. The molecule has 1 unspecified atom stereocenters. The molecular formula is C16H23NO2. The largest absolute Gasteiger partial charge is 0.497 e. The van der Waals surface area contributed by atoms with Crippen LogP contribution in [0.25, 0.3) is 0 Å². The number of likely N-dealkylation sites (tertiary alicyclic amines) is 1. The summed E-state index contributed by atoms with van der Waals surface area (Å²) in [4.78, 5) is 14.2. The summed E-state index contributed by atoms with van der Waals surface area (Å²) < 4.78 is 5.16. The van der Waals surface area contributed by atoms with Crippen LogP contribution in [-0.4, -0.2) is 30.9 Å². The van der Waals surface area contributed by atoms with Crippen LogP contribution in [0.5, 0.6) is 5.75 Å². The Labute approximate surface area is 115 Å². The van der Waals surface area contributed by atoms with Gasteiger partial charge in [-0.15, -0.1) is 0 Å². The summed E-state index contributed by atoms with van der Waals surface area (Å²) in [6.07, 6.45) is 2.86. The highest BCUT2D eigenvalue weighted by atomic mass is 16.5. The number of methoxy groups -OCH3 is 1. The Morgan fingerprint density at radius 2 is 2.11 bits per heavy atom. The predicted octanol–water partition coefficient (Wildman–Crippen LogP) is 2.89. The van der Waals surface area contributed by atoms with E-state index in [4.69, 9.17) is 4.74 Å². The van der Waals surface area contributed by atoms with E-state index in [1.807, 2.05) is 19.1 Å². The number of nitrogens with zero attached hydrogens (tertiary/aromatic N) is 1. The first kappa shape index (κ1) is 14.1. The van der Waals surface area contributed by atoms with Gasteiger partial charge in [0.05, 0.1) is 7.11 Å². The summed E-state index contributed by atoms with van der Waals surface area (Å²) in [6, 6.07) is 8.19. The van der Waals surface area contributed by atoms with Gasteiger partial charge in [-0.2, -0.15) is 0 Å². The van der Waals surface area contributed by atoms with E-state index in [-0.39, 0.29) is 5.92 Å². The number of carbonyl (C=O) groups excluding carboxylic acids is 1. The molecule has 1 aliphatic heterocycles. The van der Waals surface area contributed by atoms with E-state index in [0.29, 0.717) is 12.2 Å². The monoisotopic (exact) mass is 261 g/mol. The van der Waals surface area contributed by atoms with Gasteiger partial charge in [-0.05, 0) is 37.1 Å². The second-order valence-electron chi connectivity index (χ2n) is 5.24. The Kier molecular flexibility index (Phi) is 4.97. The molecule has 0 amide bonds. The number of hydrogen-bond acceptors (Lipinski definition) is 3. The molecule has 19 heavy (non-hydrogen) atoms. The number of hydrogen-bond donors (Lipinski definition) is 0. The van der Waals surface area contributed by atoms with E-state index in [1.165, 1.54) is 5.56 Å². The third-order valence-corrected chi connectivity index (χ3v) is 3.87. The van der Waals surface area contributed by atoms with Crippen molar-refractivity contribution in [3.8, 4) is 5.75 Å². The lowest BCUT2D eigenvalue weighted by Gasteiger charge is -2.31. The summed E-state index contributed by atoms with van der Waals surface area (Å²) in [7, 11) is 1.68. The van der Waals surface area contributed by atoms with Crippen molar-refractivity contribution in [3.05, 3.63) is 29.8 Å². The van der Waals surface area contributed by atoms with Crippen molar-refractivity contribution in [2.75, 3.05) is 20.2 Å². The van der Waals surface area contributed by atoms with Crippen LogP contribution < -0.4 is 4.74 Å². The number of rotatable bonds is 5. The van der Waals surface area contributed by atoms with Crippen LogP contribution in [0, 0.1) is 5.92 Å². The number of Topliss-reactive ketones (excluding diaryl/α,β-unsaturated/α-hetero) is 1. The van der Waals surface area contributed by atoms with Gasteiger partial charge in [0.2, 0.25) is 0 Å². The fraction of sp³-hybridized carbons (Fsp3) is 0.562. The summed E-state index contributed by atoms with van der Waals surface area (Å²) >= 11 is 0. The van der Waals surface area contributed by atoms with E-state index in [9.17, 15) is 4.79 Å². The average molecular weight is 261 g/mol. The van der Waals surface area contributed by atoms with E-state index in [0.717, 1.165) is 38.2 Å². The molecule has 1 atom stereocenters. The number of piperidine rings is 1. The molecule has 1 fully saturated rings. The molecule has 2 rings (SSSR count). The lowest BCUT2D eigenvalue weighted by molar-refractivity contribution is -0.124. The molecule has 0 N–H and O–H groups in total. The zero-order valence-corrected chi connectivity index (χ0v) is 11.9. The zero-order chi connectivity index (χ0) is 13.7. The van der Waals surface area contributed by atoms with Crippen LogP contribution in [0.2, 0.25) is 0 Å². The van der Waals surface area contributed by atoms with Gasteiger partial charge in [0.1, 0.15) is 11.5 Å². The Hall–Kier alpha value is -1.35. The van der Waals surface area contributed by atoms with Crippen LogP contribution in [-0.2, 0) is 11.3 Å². The van der Waals surface area contributed by atoms with Crippen LogP contribution in [0.4, 0.5) is 0 Å². The molecule has 3 heteroatoms. The molecule has 1 saturated heterocycles. The van der Waals surface area contributed by atoms with Gasteiger partial charge in [0, 0.05) is 25.4 Å². The highest BCUT2D eigenvalue weighted by Gasteiger charge is 2.24. The number of ketones is 1. The molecule has 0 aliphatic carbocycles. The standard InChI is InChI=1S/C16H23NO2/c1-3-16(18)14-5-4-10-17(12-14)11-13-6-8-15(19-2)9-7-13/h6-9,14H,3-5,10-12H2,1-2H3. The van der Waals surface area contributed by atoms with Crippen molar-refractivity contribution in [2.24, 2.45) is 5.92 Å². The van der Waals surface area contributed by atoms with Crippen LogP contribution in [0.1, 0.15) is 31.7 Å². The topological polar surface area (TPSA) is 29.5 Å². The molecule has 1 aromatic carbocycles. The van der Waals surface area contributed by atoms with Gasteiger partial charge in [-0.25, -0.2) is 0 Å². The first-order valence-electron chi connectivity index (χ1n) is 7.11. The fourth-order valence-electron chi connectivity index (χ4n) is 2.74. The predicted molar refractivity (Wildman–Crippen MR) is 76.3 cm³/mol. The minimum atomic E-state index is 0.247. The van der Waals surface area contributed by atoms with E-state index in [2.05, 4.69) is 17.0 Å². The lowest BCUT2D eigenvalue weighted by Crippen LogP contribution is -2.38. The second-order valence-corrected chi connectivity index (χ2v) is 5.24. The molecule has 0 spiro atoms. The van der Waals surface area contributed by atoms with Crippen LogP contribution >= 0.6 is 0 Å². The quantitative estimate of drug-likeness (QED) is 0.816. The summed E-state index contributed by atoms with van der Waals surface area (Å²) in [5, 5.41) is 0. The molecule has 3 nitrogen and oxygen atoms in total. The molecular weight excluding hydrogens is 238 g/mol. The molecule has 0 saturated carbocycles. The van der Waals surface area contributed by atoms with Crippen molar-refractivity contribution in [2.45, 2.75) is 32.7 Å². The molecule has 1 aromatic rings. The van der Waals surface area contributed by atoms with E-state index < -0.39 is 0 Å². The maximum absolute atomic E-state index is 11.8. The minimum Gasteiger partial charge on any atom is -0.497 e. The van der Waals surface area contributed by atoms with Crippen molar-refractivity contribution in [1.29, 1.82) is 0 Å². The normalized spacial score (nSPS) is 20.2. The maximum atomic E-state index is 11.8. The number of benzene rings is 1. The zero-order valence-electron chi connectivity index (χ0n) is 11.9. The Morgan fingerprint density at radius 1 is 1.37 bits per heavy atom. The van der Waals surface area contributed by atoms with Gasteiger partial charge in [0.25, 0.3) is 0 Å². The number of ether oxygens (including phenoxy) is 1. The summed E-state index contributed by atoms with van der Waals surface area (Å²) in [6.45, 7) is 4.90. The first-order chi connectivity index (χ1) is 9.22. The van der Waals surface area contributed by atoms with Crippen LogP contribution in [0.15, 0.2) is 24.3 Å². The van der Waals surface area contributed by atoms with Gasteiger partial charge < -0.3 is 4.74 Å². The molecule has 0 radical (unpaired) electrons. The minimum absolute atomic E-state index is 0.247. The van der Waals surface area contributed by atoms with Gasteiger partial charge in [-0.1, -0.05) is 19.1 Å². The third-order valence-electron chi connectivity index (χ3n) is 3.87. The van der Waals surface area contributed by atoms with E-state index >= 15 is 0 Å². The second kappa shape index (κ2) is 6.71. The molecule has 1 aliphatic rings. The highest BCUT2D eigenvalue weighted by molar-refractivity contribution is 5.80. The van der Waals surface area contributed by atoms with Crippen molar-refractivity contribution in [1.82, 2.24) is 4.90 Å². The van der Waals surface area contributed by atoms with E-state index in [1.54, 1.807) is 7.11 Å². The van der Waals surface area contributed by atoms with Gasteiger partial charge >= 0.3 is 0 Å². The lowest BCUT2D eigenvalue weighted by atomic mass is 9.92. The Morgan fingerprint density at radius 3 is 2.74 bits per heavy atom. The Bertz CT molecular complexity index is 413. The smallest absolute Gasteiger partial charge is 0.136 e. The van der Waals surface area contributed by atoms with Gasteiger partial charge in [0.15, 0.2) is 0 Å². The van der Waals surface area contributed by atoms with Gasteiger partial charge in [-0.3, -0.25) is 9.69 Å². The summed E-state index contributed by atoms with van der Waals surface area (Å²) in [5.41, 5.74) is 1.28. The molecule has 104 valence electrons. The average Bonchev–Trinajstić information content (AvgIpc) is 2.47. The fourth-order valence-corrected chi connectivity index (χ4v) is 2.74. The molecule has 0 aromatic heterocycles. The van der Waals surface area contributed by atoms with Crippen molar-refractivity contribution in [3.63, 3.8) is 0 Å². The highest BCUT2D eigenvalue weighted by Crippen LogP contribution is 2.21. The Balaban J connectivity index is 1.92. The first-order valence-corrected chi connectivity index (χ1v) is 7.11. The molecule has 0 bridgehead atoms. The molecule has 1 heterocycles. The third kappa shape index (κ3) is 3.80. The van der Waals surface area contributed by atoms with Crippen molar-refractivity contribution < 1.29 is 9.53 Å². The van der Waals surface area contributed by atoms with Crippen LogP contribution in [0.3, 0.4) is 0 Å². The maximum Gasteiger partial charge on any atom is 0.136 e. The van der Waals surface area contributed by atoms with Crippen molar-refractivity contribution >= 4 is 5.78 Å². The summed E-state index contributed by atoms with van der Waals surface area (Å²) in [5.74, 6) is 1.55. The number of carbonyl (C=O) groups is 1.